The Labute approximate surface area is 347 Å². The molecule has 0 radical (unpaired) electrons. The Balaban J connectivity index is 4.31. The fraction of sp³-hybridized carbons (Fsp3) is 0.765. The minimum Gasteiger partial charge on any atom is -0.462 e. The van der Waals surface area contributed by atoms with Crippen LogP contribution in [0.15, 0.2) is 60.8 Å². The maximum atomic E-state index is 12.7. The fourth-order valence-corrected chi connectivity index (χ4v) is 6.50. The lowest BCUT2D eigenvalue weighted by Crippen LogP contribution is -2.30. The summed E-state index contributed by atoms with van der Waals surface area (Å²) in [5.74, 6) is -0.444. The zero-order valence-electron chi connectivity index (χ0n) is 37.1. The highest BCUT2D eigenvalue weighted by atomic mass is 16.6. The molecule has 0 aliphatic carbocycles. The molecule has 0 fully saturated rings. The van der Waals surface area contributed by atoms with Gasteiger partial charge in [0.25, 0.3) is 0 Å². The third-order valence-corrected chi connectivity index (χ3v) is 10.0. The molecular weight excluding hydrogens is 693 g/mol. The van der Waals surface area contributed by atoms with E-state index in [9.17, 15) is 9.59 Å². The smallest absolute Gasteiger partial charge is 0.306 e. The molecule has 0 bridgehead atoms. The summed E-state index contributed by atoms with van der Waals surface area (Å²) in [7, 11) is 0. The molecule has 0 N–H and O–H groups in total. The number of unbranched alkanes of at least 4 members (excludes halogenated alkanes) is 22. The van der Waals surface area contributed by atoms with Crippen LogP contribution in [0.5, 0.6) is 0 Å². The Kier molecular flexibility index (Phi) is 45.0. The first kappa shape index (κ1) is 53.6. The van der Waals surface area contributed by atoms with E-state index in [4.69, 9.17) is 14.2 Å². The first-order chi connectivity index (χ1) is 27.6. The molecule has 1 unspecified atom stereocenters. The van der Waals surface area contributed by atoms with E-state index in [1.807, 2.05) is 0 Å². The van der Waals surface area contributed by atoms with Gasteiger partial charge in [0.2, 0.25) is 0 Å². The van der Waals surface area contributed by atoms with Crippen LogP contribution in [0.3, 0.4) is 0 Å². The second kappa shape index (κ2) is 47.0. The van der Waals surface area contributed by atoms with Gasteiger partial charge in [0.05, 0.1) is 6.61 Å². The van der Waals surface area contributed by atoms with Crippen LogP contribution < -0.4 is 0 Å². The fourth-order valence-electron chi connectivity index (χ4n) is 6.50. The third kappa shape index (κ3) is 44.3. The first-order valence-corrected chi connectivity index (χ1v) is 23.8. The van der Waals surface area contributed by atoms with E-state index < -0.39 is 6.10 Å². The van der Waals surface area contributed by atoms with E-state index >= 15 is 0 Å². The zero-order valence-corrected chi connectivity index (χ0v) is 37.1. The normalized spacial score (nSPS) is 12.7. The molecule has 324 valence electrons. The van der Waals surface area contributed by atoms with Crippen LogP contribution in [-0.4, -0.2) is 37.9 Å². The maximum Gasteiger partial charge on any atom is 0.306 e. The molecule has 0 amide bonds. The largest absolute Gasteiger partial charge is 0.462 e. The molecule has 0 aromatic carbocycles. The van der Waals surface area contributed by atoms with E-state index in [-0.39, 0.29) is 25.2 Å². The lowest BCUT2D eigenvalue weighted by molar-refractivity contribution is -0.163. The van der Waals surface area contributed by atoms with Crippen LogP contribution in [-0.2, 0) is 23.8 Å². The van der Waals surface area contributed by atoms with Crippen molar-refractivity contribution in [3.05, 3.63) is 60.8 Å². The average molecular weight is 783 g/mol. The predicted octanol–water partition coefficient (Wildman–Crippen LogP) is 15.8. The Hall–Kier alpha value is -2.40. The van der Waals surface area contributed by atoms with Crippen molar-refractivity contribution in [3.63, 3.8) is 0 Å². The number of hydrogen-bond acceptors (Lipinski definition) is 5. The molecule has 56 heavy (non-hydrogen) atoms. The summed E-state index contributed by atoms with van der Waals surface area (Å²) in [6.45, 7) is 7.62. The molecule has 0 saturated heterocycles. The summed E-state index contributed by atoms with van der Waals surface area (Å²) < 4.78 is 17.3. The SMILES string of the molecule is CC/C=C\C/C=C\C/C=C\CCCCCC(=O)OCC(COCCCCCCCCCCCCCCCC)OC(=O)CCCCCCC/C=C\C/C=C\CCC. The van der Waals surface area contributed by atoms with Gasteiger partial charge in [-0.05, 0) is 77.0 Å². The molecule has 0 spiro atoms. The summed E-state index contributed by atoms with van der Waals surface area (Å²) in [6, 6.07) is 0. The van der Waals surface area contributed by atoms with E-state index in [0.717, 1.165) is 89.9 Å². The van der Waals surface area contributed by atoms with Gasteiger partial charge in [-0.25, -0.2) is 0 Å². The van der Waals surface area contributed by atoms with Crippen LogP contribution in [0.2, 0.25) is 0 Å². The number of esters is 2. The second-order valence-corrected chi connectivity index (χ2v) is 15.6. The Morgan fingerprint density at radius 2 is 0.839 bits per heavy atom. The van der Waals surface area contributed by atoms with Gasteiger partial charge in [-0.2, -0.15) is 0 Å². The summed E-state index contributed by atoms with van der Waals surface area (Å²) in [5.41, 5.74) is 0. The quantitative estimate of drug-likeness (QED) is 0.0350. The zero-order chi connectivity index (χ0) is 40.7. The molecule has 0 heterocycles. The van der Waals surface area contributed by atoms with E-state index in [1.54, 1.807) is 0 Å². The van der Waals surface area contributed by atoms with Gasteiger partial charge in [-0.3, -0.25) is 9.59 Å². The van der Waals surface area contributed by atoms with Crippen LogP contribution >= 0.6 is 0 Å². The number of carbonyl (C=O) groups excluding carboxylic acids is 2. The molecule has 0 aliphatic heterocycles. The number of rotatable bonds is 43. The van der Waals surface area contributed by atoms with Crippen molar-refractivity contribution in [2.24, 2.45) is 0 Å². The molecule has 0 aromatic heterocycles. The number of ether oxygens (including phenoxy) is 3. The van der Waals surface area contributed by atoms with Gasteiger partial charge >= 0.3 is 11.9 Å². The number of allylic oxidation sites excluding steroid dienone is 10. The Morgan fingerprint density at radius 3 is 1.38 bits per heavy atom. The highest BCUT2D eigenvalue weighted by Gasteiger charge is 2.17. The van der Waals surface area contributed by atoms with Crippen molar-refractivity contribution < 1.29 is 23.8 Å². The van der Waals surface area contributed by atoms with Crippen molar-refractivity contribution >= 4 is 11.9 Å². The van der Waals surface area contributed by atoms with Crippen molar-refractivity contribution in [1.82, 2.24) is 0 Å². The minimum atomic E-state index is -0.552. The van der Waals surface area contributed by atoms with Crippen molar-refractivity contribution in [2.45, 2.75) is 232 Å². The summed E-state index contributed by atoms with van der Waals surface area (Å²) in [6.07, 6.45) is 57.9. The van der Waals surface area contributed by atoms with Crippen molar-refractivity contribution in [1.29, 1.82) is 0 Å². The van der Waals surface area contributed by atoms with Gasteiger partial charge in [-0.15, -0.1) is 0 Å². The number of hydrogen-bond donors (Lipinski definition) is 0. The molecule has 0 saturated carbocycles. The van der Waals surface area contributed by atoms with E-state index in [1.165, 1.54) is 103 Å². The molecule has 5 nitrogen and oxygen atoms in total. The standard InChI is InChI=1S/C51H90O5/c1-4-7-10-13-16-19-22-25-28-31-34-37-40-43-46-54-47-49(56-51(53)45-42-39-36-33-30-27-24-21-18-15-12-9-6-3)48-55-50(52)44-41-38-35-32-29-26-23-20-17-14-11-8-5-2/h8,11-12,15,17,20-21,24,26,29,49H,4-7,9-10,13-14,16,18-19,22-23,25,27-28,30-48H2,1-3H3/b11-8-,15-12-,20-17-,24-21-,29-26-. The number of carbonyl (C=O) groups is 2. The summed E-state index contributed by atoms with van der Waals surface area (Å²) in [5, 5.41) is 0. The summed E-state index contributed by atoms with van der Waals surface area (Å²) >= 11 is 0. The van der Waals surface area contributed by atoms with Crippen LogP contribution in [0.25, 0.3) is 0 Å². The maximum absolute atomic E-state index is 12.7. The topological polar surface area (TPSA) is 61.8 Å². The molecule has 5 heteroatoms. The van der Waals surface area contributed by atoms with Gasteiger partial charge in [-0.1, -0.05) is 197 Å². The molecular formula is C51H90O5. The average Bonchev–Trinajstić information content (AvgIpc) is 3.20. The first-order valence-electron chi connectivity index (χ1n) is 23.8. The van der Waals surface area contributed by atoms with Gasteiger partial charge < -0.3 is 14.2 Å². The predicted molar refractivity (Wildman–Crippen MR) is 242 cm³/mol. The van der Waals surface area contributed by atoms with Gasteiger partial charge in [0, 0.05) is 19.4 Å². The second-order valence-electron chi connectivity index (χ2n) is 15.6. The monoisotopic (exact) mass is 783 g/mol. The highest BCUT2D eigenvalue weighted by Crippen LogP contribution is 2.14. The molecule has 0 rings (SSSR count). The van der Waals surface area contributed by atoms with Crippen LogP contribution in [0, 0.1) is 0 Å². The lowest BCUT2D eigenvalue weighted by atomic mass is 10.0. The van der Waals surface area contributed by atoms with Crippen LogP contribution in [0.1, 0.15) is 226 Å². The van der Waals surface area contributed by atoms with Gasteiger partial charge in [0.15, 0.2) is 6.10 Å². The molecule has 1 atom stereocenters. The molecule has 0 aromatic rings. The van der Waals surface area contributed by atoms with Crippen LogP contribution in [0.4, 0.5) is 0 Å². The molecule has 0 aliphatic rings. The Bertz CT molecular complexity index is 977. The summed E-state index contributed by atoms with van der Waals surface area (Å²) in [4.78, 5) is 25.3. The lowest BCUT2D eigenvalue weighted by Gasteiger charge is -2.18. The van der Waals surface area contributed by atoms with Crippen molar-refractivity contribution in [2.75, 3.05) is 19.8 Å². The highest BCUT2D eigenvalue weighted by molar-refractivity contribution is 5.70. The Morgan fingerprint density at radius 1 is 0.411 bits per heavy atom. The van der Waals surface area contributed by atoms with E-state index in [2.05, 4.69) is 81.5 Å². The van der Waals surface area contributed by atoms with Gasteiger partial charge in [0.1, 0.15) is 6.61 Å². The third-order valence-electron chi connectivity index (χ3n) is 10.0. The minimum absolute atomic E-state index is 0.0652. The van der Waals surface area contributed by atoms with Crippen molar-refractivity contribution in [3.8, 4) is 0 Å². The van der Waals surface area contributed by atoms with E-state index in [0.29, 0.717) is 19.4 Å².